The van der Waals surface area contributed by atoms with Crippen LogP contribution in [-0.4, -0.2) is 16.7 Å². The largest absolute Gasteiger partial charge is 0.497 e. The Bertz CT molecular complexity index is 622. The molecular formula is C13H14N2O3. The van der Waals surface area contributed by atoms with Crippen molar-refractivity contribution in [2.24, 2.45) is 0 Å². The van der Waals surface area contributed by atoms with Gasteiger partial charge in [0.15, 0.2) is 0 Å². The average Bonchev–Trinajstić information content (AvgIpc) is 2.34. The van der Waals surface area contributed by atoms with Gasteiger partial charge in [-0.15, -0.1) is 0 Å². The molecule has 18 heavy (non-hydrogen) atoms. The standard InChI is InChI=1S/C13H14N2O3/c1-9-7-12(16)15(13(17)14-9)8-10-3-5-11(18-2)6-4-10/h3-7H,8H2,1-2H3,(H,14,17). The molecule has 1 N–H and O–H groups in total. The van der Waals surface area contributed by atoms with Crippen LogP contribution in [0.5, 0.6) is 5.75 Å². The highest BCUT2D eigenvalue weighted by Gasteiger charge is 2.03. The van der Waals surface area contributed by atoms with Gasteiger partial charge in [-0.2, -0.15) is 0 Å². The quantitative estimate of drug-likeness (QED) is 0.875. The van der Waals surface area contributed by atoms with Gasteiger partial charge in [0.1, 0.15) is 5.75 Å². The molecule has 1 heterocycles. The molecule has 5 heteroatoms. The lowest BCUT2D eigenvalue weighted by molar-refractivity contribution is 0.414. The van der Waals surface area contributed by atoms with Crippen LogP contribution in [0.25, 0.3) is 0 Å². The van der Waals surface area contributed by atoms with E-state index in [9.17, 15) is 9.59 Å². The number of ether oxygens (including phenoxy) is 1. The van der Waals surface area contributed by atoms with Crippen molar-refractivity contribution in [3.05, 3.63) is 62.4 Å². The number of hydrogen-bond donors (Lipinski definition) is 1. The monoisotopic (exact) mass is 246 g/mol. The number of nitrogens with one attached hydrogen (secondary N) is 1. The maximum absolute atomic E-state index is 11.7. The summed E-state index contributed by atoms with van der Waals surface area (Å²) in [6, 6.07) is 8.64. The number of aromatic amines is 1. The van der Waals surface area contributed by atoms with Crippen LogP contribution in [-0.2, 0) is 6.54 Å². The number of rotatable bonds is 3. The first kappa shape index (κ1) is 12.2. The summed E-state index contributed by atoms with van der Waals surface area (Å²) in [7, 11) is 1.59. The molecule has 0 saturated heterocycles. The molecule has 0 atom stereocenters. The summed E-state index contributed by atoms with van der Waals surface area (Å²) in [5.41, 5.74) is 0.742. The van der Waals surface area contributed by atoms with Crippen LogP contribution in [0.1, 0.15) is 11.3 Å². The second kappa shape index (κ2) is 4.91. The van der Waals surface area contributed by atoms with Crippen LogP contribution in [0.3, 0.4) is 0 Å². The molecule has 0 radical (unpaired) electrons. The molecule has 0 aliphatic carbocycles. The van der Waals surface area contributed by atoms with Crippen molar-refractivity contribution in [2.45, 2.75) is 13.5 Å². The number of H-pyrrole nitrogens is 1. The maximum Gasteiger partial charge on any atom is 0.328 e. The molecule has 94 valence electrons. The summed E-state index contributed by atoms with van der Waals surface area (Å²) in [5.74, 6) is 0.740. The average molecular weight is 246 g/mol. The Morgan fingerprint density at radius 2 is 1.89 bits per heavy atom. The Kier molecular flexibility index (Phi) is 3.32. The van der Waals surface area contributed by atoms with Crippen molar-refractivity contribution in [1.82, 2.24) is 9.55 Å². The topological polar surface area (TPSA) is 64.1 Å². The van der Waals surface area contributed by atoms with Crippen molar-refractivity contribution >= 4 is 0 Å². The van der Waals surface area contributed by atoms with Gasteiger partial charge < -0.3 is 9.72 Å². The summed E-state index contributed by atoms with van der Waals surface area (Å²) < 4.78 is 6.21. The summed E-state index contributed by atoms with van der Waals surface area (Å²) >= 11 is 0. The van der Waals surface area contributed by atoms with E-state index in [0.717, 1.165) is 15.9 Å². The van der Waals surface area contributed by atoms with E-state index in [1.165, 1.54) is 6.07 Å². The van der Waals surface area contributed by atoms with Gasteiger partial charge in [0.05, 0.1) is 13.7 Å². The Labute approximate surface area is 104 Å². The number of benzene rings is 1. The second-order valence-electron chi connectivity index (χ2n) is 4.03. The van der Waals surface area contributed by atoms with E-state index in [1.807, 2.05) is 12.1 Å². The third kappa shape index (κ3) is 2.51. The van der Waals surface area contributed by atoms with Gasteiger partial charge in [-0.3, -0.25) is 9.36 Å². The summed E-state index contributed by atoms with van der Waals surface area (Å²) in [4.78, 5) is 26.0. The number of aromatic nitrogens is 2. The normalized spacial score (nSPS) is 10.3. The van der Waals surface area contributed by atoms with Gasteiger partial charge in [0.2, 0.25) is 0 Å². The molecule has 0 bridgehead atoms. The lowest BCUT2D eigenvalue weighted by Crippen LogP contribution is -2.35. The van der Waals surface area contributed by atoms with Gasteiger partial charge >= 0.3 is 5.69 Å². The Hall–Kier alpha value is -2.30. The molecule has 1 aromatic carbocycles. The zero-order valence-electron chi connectivity index (χ0n) is 10.3. The zero-order valence-corrected chi connectivity index (χ0v) is 10.3. The van der Waals surface area contributed by atoms with Crippen LogP contribution >= 0.6 is 0 Å². The van der Waals surface area contributed by atoms with E-state index < -0.39 is 5.69 Å². The van der Waals surface area contributed by atoms with E-state index in [2.05, 4.69) is 4.98 Å². The van der Waals surface area contributed by atoms with E-state index in [0.29, 0.717) is 5.69 Å². The fourth-order valence-corrected chi connectivity index (χ4v) is 1.70. The smallest absolute Gasteiger partial charge is 0.328 e. The predicted molar refractivity (Wildman–Crippen MR) is 68.2 cm³/mol. The van der Waals surface area contributed by atoms with Crippen LogP contribution in [0.15, 0.2) is 39.9 Å². The van der Waals surface area contributed by atoms with Crippen LogP contribution in [0.2, 0.25) is 0 Å². The third-order valence-electron chi connectivity index (χ3n) is 2.66. The maximum atomic E-state index is 11.7. The number of hydrogen-bond acceptors (Lipinski definition) is 3. The summed E-state index contributed by atoms with van der Waals surface area (Å²) in [6.45, 7) is 1.93. The van der Waals surface area contributed by atoms with E-state index in [4.69, 9.17) is 4.74 Å². The lowest BCUT2D eigenvalue weighted by atomic mass is 10.2. The minimum absolute atomic E-state index is 0.248. The molecule has 0 unspecified atom stereocenters. The second-order valence-corrected chi connectivity index (χ2v) is 4.03. The van der Waals surface area contributed by atoms with Gasteiger partial charge in [-0.1, -0.05) is 12.1 Å². The van der Waals surface area contributed by atoms with Crippen molar-refractivity contribution < 1.29 is 4.74 Å². The molecule has 2 aromatic rings. The van der Waals surface area contributed by atoms with E-state index in [-0.39, 0.29) is 12.1 Å². The fraction of sp³-hybridized carbons (Fsp3) is 0.231. The lowest BCUT2D eigenvalue weighted by Gasteiger charge is -2.06. The van der Waals surface area contributed by atoms with Crippen LogP contribution < -0.4 is 16.0 Å². The molecule has 0 spiro atoms. The third-order valence-corrected chi connectivity index (χ3v) is 2.66. The van der Waals surface area contributed by atoms with Gasteiger partial charge in [-0.25, -0.2) is 4.79 Å². The number of aryl methyl sites for hydroxylation is 1. The molecular weight excluding hydrogens is 232 g/mol. The molecule has 0 fully saturated rings. The minimum Gasteiger partial charge on any atom is -0.497 e. The molecule has 0 aliphatic rings. The van der Waals surface area contributed by atoms with E-state index in [1.54, 1.807) is 26.2 Å². The first-order chi connectivity index (χ1) is 8.60. The first-order valence-corrected chi connectivity index (χ1v) is 5.54. The highest BCUT2D eigenvalue weighted by Crippen LogP contribution is 2.11. The van der Waals surface area contributed by atoms with Crippen LogP contribution in [0.4, 0.5) is 0 Å². The minimum atomic E-state index is -0.393. The summed E-state index contributed by atoms with van der Waals surface area (Å²) in [6.07, 6.45) is 0. The predicted octanol–water partition coefficient (Wildman–Crippen LogP) is 0.902. The Balaban J connectivity index is 2.34. The van der Waals surface area contributed by atoms with Crippen molar-refractivity contribution in [3.63, 3.8) is 0 Å². The summed E-state index contributed by atoms with van der Waals surface area (Å²) in [5, 5.41) is 0. The fourth-order valence-electron chi connectivity index (χ4n) is 1.70. The zero-order chi connectivity index (χ0) is 13.1. The molecule has 0 aliphatic heterocycles. The number of methoxy groups -OCH3 is 1. The molecule has 0 amide bonds. The molecule has 1 aromatic heterocycles. The first-order valence-electron chi connectivity index (χ1n) is 5.54. The SMILES string of the molecule is COc1ccc(Cn2c(=O)cc(C)[nH]c2=O)cc1. The highest BCUT2D eigenvalue weighted by atomic mass is 16.5. The molecule has 2 rings (SSSR count). The van der Waals surface area contributed by atoms with Gasteiger partial charge in [0.25, 0.3) is 5.56 Å². The van der Waals surface area contributed by atoms with Crippen molar-refractivity contribution in [1.29, 1.82) is 0 Å². The van der Waals surface area contributed by atoms with Crippen molar-refractivity contribution in [2.75, 3.05) is 7.11 Å². The Morgan fingerprint density at radius 1 is 1.22 bits per heavy atom. The van der Waals surface area contributed by atoms with Crippen molar-refractivity contribution in [3.8, 4) is 5.75 Å². The molecule has 0 saturated carbocycles. The van der Waals surface area contributed by atoms with Gasteiger partial charge in [0, 0.05) is 11.8 Å². The van der Waals surface area contributed by atoms with Gasteiger partial charge in [-0.05, 0) is 24.6 Å². The highest BCUT2D eigenvalue weighted by molar-refractivity contribution is 5.27. The van der Waals surface area contributed by atoms with Crippen LogP contribution in [0, 0.1) is 6.92 Å². The molecule has 5 nitrogen and oxygen atoms in total. The number of nitrogens with zero attached hydrogens (tertiary/aromatic N) is 1. The van der Waals surface area contributed by atoms with E-state index >= 15 is 0 Å². The Morgan fingerprint density at radius 3 is 2.44 bits per heavy atom.